The van der Waals surface area contributed by atoms with Crippen LogP contribution in [0.2, 0.25) is 0 Å². The molecule has 0 aliphatic heterocycles. The largest absolute Gasteiger partial charge is 0.365 e. The molecule has 0 spiro atoms. The van der Waals surface area contributed by atoms with Crippen molar-refractivity contribution in [2.75, 3.05) is 5.73 Å². The third-order valence-corrected chi connectivity index (χ3v) is 2.97. The molecule has 29 heavy (non-hydrogen) atoms. The topological polar surface area (TPSA) is 274 Å². The van der Waals surface area contributed by atoms with Gasteiger partial charge in [0.05, 0.1) is 7.05 Å². The molecule has 1 amide bonds. The van der Waals surface area contributed by atoms with Gasteiger partial charge in [0.1, 0.15) is 17.3 Å². The molecular weight excluding hydrogens is 441 g/mol. The van der Waals surface area contributed by atoms with Gasteiger partial charge in [0.2, 0.25) is 0 Å². The Balaban J connectivity index is 0.000000653. The number of nitrogens with zero attached hydrogens (tertiary/aromatic N) is 3. The minimum Gasteiger partial charge on any atom is -0.365 e. The van der Waals surface area contributed by atoms with Crippen LogP contribution in [0.4, 0.5) is 5.82 Å². The summed E-state index contributed by atoms with van der Waals surface area (Å²) in [6.45, 7) is 2.43. The molecule has 2 heterocycles. The first kappa shape index (κ1) is 26.8. The van der Waals surface area contributed by atoms with Crippen molar-refractivity contribution in [3.8, 4) is 0 Å². The average Bonchev–Trinajstić information content (AvgIpc) is 2.49. The highest BCUT2D eigenvalue weighted by atomic mass is 35.7. The molecule has 14 nitrogen and oxygen atoms in total. The van der Waals surface area contributed by atoms with Crippen molar-refractivity contribution in [3.05, 3.63) is 47.7 Å². The molecule has 2 rings (SSSR count). The molecular formula is C13H17Cl2N5O9. The van der Waals surface area contributed by atoms with Gasteiger partial charge in [0.15, 0.2) is 18.9 Å². The maximum atomic E-state index is 11.1. The van der Waals surface area contributed by atoms with Crippen LogP contribution < -0.4 is 57.9 Å². The lowest BCUT2D eigenvalue weighted by Gasteiger charge is -2.17. The Bertz CT molecular complexity index is 803. The zero-order valence-corrected chi connectivity index (χ0v) is 16.5. The van der Waals surface area contributed by atoms with E-state index in [1.54, 1.807) is 18.3 Å². The second-order valence-corrected chi connectivity index (χ2v) is 6.71. The zero-order chi connectivity index (χ0) is 23.0. The van der Waals surface area contributed by atoms with Crippen LogP contribution in [0, 0.1) is 27.4 Å². The number of hydrogen-bond acceptors (Lipinski definition) is 11. The van der Waals surface area contributed by atoms with Gasteiger partial charge in [-0.2, -0.15) is 4.57 Å². The van der Waals surface area contributed by atoms with Crippen molar-refractivity contribution in [2.24, 2.45) is 12.8 Å². The molecule has 0 radical (unpaired) electrons. The summed E-state index contributed by atoms with van der Waals surface area (Å²) < 4.78 is 71.7. The van der Waals surface area contributed by atoms with E-state index in [2.05, 4.69) is 4.98 Å². The van der Waals surface area contributed by atoms with E-state index in [-0.39, 0.29) is 0 Å². The molecule has 0 saturated heterocycles. The van der Waals surface area contributed by atoms with E-state index in [4.69, 9.17) is 48.7 Å². The first-order valence-corrected chi connectivity index (χ1v) is 9.58. The normalized spacial score (nSPS) is 11.0. The second kappa shape index (κ2) is 11.1. The molecule has 162 valence electrons. The summed E-state index contributed by atoms with van der Waals surface area (Å²) in [5.41, 5.74) is 12.5. The van der Waals surface area contributed by atoms with Crippen LogP contribution in [0.25, 0.3) is 0 Å². The number of nitrogens with two attached hydrogens (primary N) is 2. The number of pyridine rings is 1. The van der Waals surface area contributed by atoms with Gasteiger partial charge in [-0.05, 0) is 11.1 Å². The maximum absolute atomic E-state index is 11.1. The molecule has 0 aliphatic rings. The number of carbonyl (C=O) groups is 1. The maximum Gasteiger partial charge on any atom is 0.297 e. The van der Waals surface area contributed by atoms with Crippen molar-refractivity contribution < 1.29 is 71.7 Å². The standard InChI is InChI=1S/C13H15N5O.2ClHO4/c1-9-16-12(14)11(6-17(9)2)8-18-5-3-4-10(7-18)13(15)19;2*2-1(3,4)5/h3-7,14H,8H2,1-2H3,(H-,15,19);2*(H,2,3,4,5). The SMILES string of the molecule is Cc1nc(N)c(C[n+]2cccc(C(N)=O)c2)c[n+]1C.[O-][Cl+3]([O-])([O-])[O-].[O-][Cl+3]([O-])([O-])[O-]. The van der Waals surface area contributed by atoms with Crippen molar-refractivity contribution in [2.45, 2.75) is 13.5 Å². The van der Waals surface area contributed by atoms with E-state index in [9.17, 15) is 4.79 Å². The minimum absolute atomic E-state index is 0.449. The van der Waals surface area contributed by atoms with Crippen LogP contribution in [0.3, 0.4) is 0 Å². The Hall–Kier alpha value is -2.24. The molecule has 2 aromatic heterocycles. The molecule has 0 atom stereocenters. The monoisotopic (exact) mass is 457 g/mol. The van der Waals surface area contributed by atoms with Crippen molar-refractivity contribution in [1.82, 2.24) is 4.98 Å². The Morgan fingerprint density at radius 1 is 1.07 bits per heavy atom. The first-order valence-electron chi connectivity index (χ1n) is 7.11. The highest BCUT2D eigenvalue weighted by Gasteiger charge is 2.16. The molecule has 0 aliphatic carbocycles. The predicted octanol–water partition coefficient (Wildman–Crippen LogP) is -10.3. The Morgan fingerprint density at radius 2 is 1.55 bits per heavy atom. The lowest BCUT2D eigenvalue weighted by molar-refractivity contribution is -2.00. The number of primary amides is 1. The summed E-state index contributed by atoms with van der Waals surface area (Å²) in [5, 5.41) is 0. The fourth-order valence-electron chi connectivity index (χ4n) is 1.80. The summed E-state index contributed by atoms with van der Waals surface area (Å²) in [6, 6.07) is 3.45. The summed E-state index contributed by atoms with van der Waals surface area (Å²) in [6.07, 6.45) is 5.48. The number of carbonyl (C=O) groups excluding carboxylic acids is 1. The second-order valence-electron chi connectivity index (χ2n) is 5.19. The van der Waals surface area contributed by atoms with E-state index < -0.39 is 26.4 Å². The predicted molar refractivity (Wildman–Crippen MR) is 68.8 cm³/mol. The van der Waals surface area contributed by atoms with E-state index in [0.29, 0.717) is 17.9 Å². The minimum atomic E-state index is -4.94. The van der Waals surface area contributed by atoms with Crippen LogP contribution >= 0.6 is 0 Å². The molecule has 0 fully saturated rings. The van der Waals surface area contributed by atoms with Crippen LogP contribution in [-0.2, 0) is 13.6 Å². The van der Waals surface area contributed by atoms with Gasteiger partial charge in [-0.25, -0.2) is 41.8 Å². The fraction of sp³-hybridized carbons (Fsp3) is 0.231. The van der Waals surface area contributed by atoms with Crippen LogP contribution in [0.1, 0.15) is 21.7 Å². The highest BCUT2D eigenvalue weighted by molar-refractivity contribution is 5.92. The van der Waals surface area contributed by atoms with Crippen molar-refractivity contribution in [3.63, 3.8) is 0 Å². The van der Waals surface area contributed by atoms with Gasteiger partial charge < -0.3 is 11.5 Å². The van der Waals surface area contributed by atoms with Gasteiger partial charge >= 0.3 is 0 Å². The molecule has 0 bridgehead atoms. The number of aromatic nitrogens is 3. The van der Waals surface area contributed by atoms with E-state index >= 15 is 0 Å². The van der Waals surface area contributed by atoms with Crippen molar-refractivity contribution in [1.29, 1.82) is 0 Å². The molecule has 0 saturated carbocycles. The van der Waals surface area contributed by atoms with E-state index in [0.717, 1.165) is 11.4 Å². The number of halogens is 2. The number of hydrogen-bond donors (Lipinski definition) is 2. The molecule has 0 unspecified atom stereocenters. The summed E-state index contributed by atoms with van der Waals surface area (Å²) in [7, 11) is -7.98. The Kier molecular flexibility index (Phi) is 10.2. The molecule has 4 N–H and O–H groups in total. The van der Waals surface area contributed by atoms with Gasteiger partial charge in [0.25, 0.3) is 17.5 Å². The fourth-order valence-corrected chi connectivity index (χ4v) is 1.80. The smallest absolute Gasteiger partial charge is 0.297 e. The van der Waals surface area contributed by atoms with Crippen LogP contribution in [0.5, 0.6) is 0 Å². The highest BCUT2D eigenvalue weighted by Crippen LogP contribution is 2.05. The molecule has 16 heteroatoms. The van der Waals surface area contributed by atoms with Gasteiger partial charge in [0, 0.05) is 13.0 Å². The lowest BCUT2D eigenvalue weighted by atomic mass is 10.2. The van der Waals surface area contributed by atoms with Crippen molar-refractivity contribution >= 4 is 11.7 Å². The quantitative estimate of drug-likeness (QED) is 0.407. The zero-order valence-electron chi connectivity index (χ0n) is 15.0. The van der Waals surface area contributed by atoms with Crippen LogP contribution in [-0.4, -0.2) is 10.9 Å². The molecule has 0 aromatic carbocycles. The third kappa shape index (κ3) is 14.4. The first-order chi connectivity index (χ1) is 13.0. The lowest BCUT2D eigenvalue weighted by Crippen LogP contribution is -2.68. The van der Waals surface area contributed by atoms with Gasteiger partial charge in [-0.15, -0.1) is 20.5 Å². The van der Waals surface area contributed by atoms with E-state index in [1.165, 1.54) is 0 Å². The van der Waals surface area contributed by atoms with Gasteiger partial charge in [-0.3, -0.25) is 4.79 Å². The number of rotatable bonds is 3. The Morgan fingerprint density at radius 3 is 2.00 bits per heavy atom. The van der Waals surface area contributed by atoms with E-state index in [1.807, 2.05) is 35.5 Å². The summed E-state index contributed by atoms with van der Waals surface area (Å²) in [4.78, 5) is 15.4. The Labute approximate surface area is 168 Å². The average molecular weight is 458 g/mol. The summed E-state index contributed by atoms with van der Waals surface area (Å²) >= 11 is 0. The van der Waals surface area contributed by atoms with Gasteiger partial charge in [-0.1, -0.05) is 0 Å². The third-order valence-electron chi connectivity index (χ3n) is 2.97. The number of amides is 1. The number of nitrogen functional groups attached to an aromatic ring is 1. The van der Waals surface area contributed by atoms with Crippen LogP contribution in [0.15, 0.2) is 30.7 Å². The number of aryl methyl sites for hydroxylation is 2. The number of anilines is 1. The molecule has 2 aromatic rings. The summed E-state index contributed by atoms with van der Waals surface area (Å²) in [5.74, 6) is 0.889.